The third kappa shape index (κ3) is 5.57. The van der Waals surface area contributed by atoms with E-state index >= 15 is 0 Å². The molecule has 0 saturated carbocycles. The van der Waals surface area contributed by atoms with Crippen molar-refractivity contribution in [1.29, 1.82) is 0 Å². The molecule has 0 radical (unpaired) electrons. The van der Waals surface area contributed by atoms with Crippen LogP contribution in [0.2, 0.25) is 0 Å². The number of allylic oxidation sites excluding steroid dienone is 2. The molecule has 1 heteroatoms. The summed E-state index contributed by atoms with van der Waals surface area (Å²) in [6.07, 6.45) is 6.93. The van der Waals surface area contributed by atoms with E-state index < -0.39 is 0 Å². The Morgan fingerprint density at radius 1 is 1.50 bits per heavy atom. The molecule has 0 aliphatic heterocycles. The molecule has 0 aromatic rings. The van der Waals surface area contributed by atoms with Crippen molar-refractivity contribution in [2.75, 3.05) is 6.61 Å². The van der Waals surface area contributed by atoms with Crippen LogP contribution in [-0.4, -0.2) is 11.7 Å². The van der Waals surface area contributed by atoms with E-state index in [1.165, 1.54) is 0 Å². The maximum Gasteiger partial charge on any atom is 0.0468 e. The maximum absolute atomic E-state index is 8.51. The van der Waals surface area contributed by atoms with Gasteiger partial charge in [-0.1, -0.05) is 31.2 Å². The molecule has 58 valence electrons. The highest BCUT2D eigenvalue weighted by molar-refractivity contribution is 5.01. The lowest BCUT2D eigenvalue weighted by molar-refractivity contribution is 0.299. The van der Waals surface area contributed by atoms with Crippen molar-refractivity contribution in [3.8, 4) is 0 Å². The standard InChI is InChI=1S/C9H16O/c1-3-4-5-6-9(2)7-8-10/h4-5,10H,2-3,6-8H2,1H3. The van der Waals surface area contributed by atoms with Gasteiger partial charge in [-0.05, 0) is 19.3 Å². The zero-order valence-corrected chi connectivity index (χ0v) is 6.64. The molecule has 1 nitrogen and oxygen atoms in total. The Morgan fingerprint density at radius 3 is 2.70 bits per heavy atom. The van der Waals surface area contributed by atoms with Crippen LogP contribution in [0.4, 0.5) is 0 Å². The van der Waals surface area contributed by atoms with Crippen LogP contribution in [0.25, 0.3) is 0 Å². The second-order valence-electron chi connectivity index (χ2n) is 2.31. The van der Waals surface area contributed by atoms with Crippen molar-refractivity contribution in [3.05, 3.63) is 24.3 Å². The summed E-state index contributed by atoms with van der Waals surface area (Å²) in [6.45, 7) is 6.13. The van der Waals surface area contributed by atoms with Crippen LogP contribution in [-0.2, 0) is 0 Å². The molecule has 10 heavy (non-hydrogen) atoms. The Hall–Kier alpha value is -0.560. The number of hydrogen-bond donors (Lipinski definition) is 1. The molecule has 0 aliphatic carbocycles. The summed E-state index contributed by atoms with van der Waals surface area (Å²) in [4.78, 5) is 0. The van der Waals surface area contributed by atoms with Gasteiger partial charge in [-0.25, -0.2) is 0 Å². The van der Waals surface area contributed by atoms with Crippen molar-refractivity contribution >= 4 is 0 Å². The van der Waals surface area contributed by atoms with E-state index in [1.54, 1.807) is 0 Å². The van der Waals surface area contributed by atoms with Crippen molar-refractivity contribution in [1.82, 2.24) is 0 Å². The summed E-state index contributed by atoms with van der Waals surface area (Å²) >= 11 is 0. The Kier molecular flexibility index (Phi) is 6.19. The molecule has 0 spiro atoms. The van der Waals surface area contributed by atoms with Gasteiger partial charge >= 0.3 is 0 Å². The largest absolute Gasteiger partial charge is 0.396 e. The number of hydrogen-bond acceptors (Lipinski definition) is 1. The second kappa shape index (κ2) is 6.56. The van der Waals surface area contributed by atoms with Gasteiger partial charge in [0.2, 0.25) is 0 Å². The van der Waals surface area contributed by atoms with Gasteiger partial charge < -0.3 is 5.11 Å². The van der Waals surface area contributed by atoms with E-state index in [-0.39, 0.29) is 6.61 Å². The maximum atomic E-state index is 8.51. The molecule has 0 rings (SSSR count). The zero-order valence-electron chi connectivity index (χ0n) is 6.64. The molecule has 0 saturated heterocycles. The van der Waals surface area contributed by atoms with Crippen molar-refractivity contribution in [2.45, 2.75) is 26.2 Å². The van der Waals surface area contributed by atoms with E-state index in [4.69, 9.17) is 5.11 Å². The number of rotatable bonds is 5. The van der Waals surface area contributed by atoms with E-state index in [0.717, 1.165) is 24.8 Å². The van der Waals surface area contributed by atoms with Crippen LogP contribution in [0.1, 0.15) is 26.2 Å². The van der Waals surface area contributed by atoms with E-state index in [9.17, 15) is 0 Å². The van der Waals surface area contributed by atoms with Crippen molar-refractivity contribution < 1.29 is 5.11 Å². The lowest BCUT2D eigenvalue weighted by Gasteiger charge is -1.96. The predicted octanol–water partition coefficient (Wildman–Crippen LogP) is 2.28. The summed E-state index contributed by atoms with van der Waals surface area (Å²) < 4.78 is 0. The van der Waals surface area contributed by atoms with Crippen LogP contribution in [0, 0.1) is 0 Å². The van der Waals surface area contributed by atoms with Gasteiger partial charge in [0.25, 0.3) is 0 Å². The highest BCUT2D eigenvalue weighted by Gasteiger charge is 1.87. The van der Waals surface area contributed by atoms with Gasteiger partial charge in [-0.15, -0.1) is 0 Å². The minimum absolute atomic E-state index is 0.221. The van der Waals surface area contributed by atoms with Gasteiger partial charge in [0, 0.05) is 6.61 Å². The monoisotopic (exact) mass is 140 g/mol. The highest BCUT2D eigenvalue weighted by atomic mass is 16.2. The van der Waals surface area contributed by atoms with Crippen LogP contribution in [0.3, 0.4) is 0 Å². The van der Waals surface area contributed by atoms with Gasteiger partial charge in [0.15, 0.2) is 0 Å². The van der Waals surface area contributed by atoms with Crippen LogP contribution >= 0.6 is 0 Å². The fourth-order valence-corrected chi connectivity index (χ4v) is 0.677. The Morgan fingerprint density at radius 2 is 2.20 bits per heavy atom. The van der Waals surface area contributed by atoms with Crippen LogP contribution in [0.15, 0.2) is 24.3 Å². The molecule has 0 aromatic heterocycles. The van der Waals surface area contributed by atoms with Crippen LogP contribution in [0.5, 0.6) is 0 Å². The fraction of sp³-hybridized carbons (Fsp3) is 0.556. The summed E-state index contributed by atoms with van der Waals surface area (Å²) in [5.41, 5.74) is 1.10. The van der Waals surface area contributed by atoms with Gasteiger partial charge in [-0.2, -0.15) is 0 Å². The fourth-order valence-electron chi connectivity index (χ4n) is 0.677. The normalized spacial score (nSPS) is 10.6. The summed E-state index contributed by atoms with van der Waals surface area (Å²) in [7, 11) is 0. The number of aliphatic hydroxyl groups excluding tert-OH is 1. The van der Waals surface area contributed by atoms with E-state index in [0.29, 0.717) is 0 Å². The predicted molar refractivity (Wildman–Crippen MR) is 44.9 cm³/mol. The molecular formula is C9H16O. The second-order valence-corrected chi connectivity index (χ2v) is 2.31. The molecule has 0 atom stereocenters. The van der Waals surface area contributed by atoms with Crippen LogP contribution < -0.4 is 0 Å². The van der Waals surface area contributed by atoms with Gasteiger partial charge in [-0.3, -0.25) is 0 Å². The lowest BCUT2D eigenvalue weighted by Crippen LogP contribution is -1.84. The summed E-state index contributed by atoms with van der Waals surface area (Å²) in [6, 6.07) is 0. The quantitative estimate of drug-likeness (QED) is 0.581. The molecule has 1 N–H and O–H groups in total. The minimum atomic E-state index is 0.221. The average Bonchev–Trinajstić information content (AvgIpc) is 1.89. The first-order valence-electron chi connectivity index (χ1n) is 3.73. The first-order chi connectivity index (χ1) is 4.81. The summed E-state index contributed by atoms with van der Waals surface area (Å²) in [5.74, 6) is 0. The lowest BCUT2D eigenvalue weighted by atomic mass is 10.1. The number of aliphatic hydroxyl groups is 1. The highest BCUT2D eigenvalue weighted by Crippen LogP contribution is 2.03. The molecule has 0 heterocycles. The Labute approximate surface area is 63.1 Å². The molecular weight excluding hydrogens is 124 g/mol. The molecule has 0 fully saturated rings. The van der Waals surface area contributed by atoms with Crippen molar-refractivity contribution in [2.24, 2.45) is 0 Å². The Bertz CT molecular complexity index is 114. The Balaban J connectivity index is 3.30. The topological polar surface area (TPSA) is 20.2 Å². The molecule has 0 bridgehead atoms. The average molecular weight is 140 g/mol. The van der Waals surface area contributed by atoms with E-state index in [1.807, 2.05) is 0 Å². The SMILES string of the molecule is C=C(CC=CCC)CCO. The van der Waals surface area contributed by atoms with Gasteiger partial charge in [0.05, 0.1) is 0 Å². The first kappa shape index (κ1) is 9.44. The molecule has 0 aromatic carbocycles. The van der Waals surface area contributed by atoms with Gasteiger partial charge in [0.1, 0.15) is 0 Å². The van der Waals surface area contributed by atoms with Crippen molar-refractivity contribution in [3.63, 3.8) is 0 Å². The third-order valence-electron chi connectivity index (χ3n) is 1.27. The molecule has 0 amide bonds. The third-order valence-corrected chi connectivity index (χ3v) is 1.27. The molecule has 0 unspecified atom stereocenters. The summed E-state index contributed by atoms with van der Waals surface area (Å²) in [5, 5.41) is 8.51. The molecule has 0 aliphatic rings. The van der Waals surface area contributed by atoms with E-state index in [2.05, 4.69) is 25.7 Å². The minimum Gasteiger partial charge on any atom is -0.396 e. The zero-order chi connectivity index (χ0) is 7.82. The first-order valence-corrected chi connectivity index (χ1v) is 3.73. The smallest absolute Gasteiger partial charge is 0.0468 e.